The molecule has 104 valence electrons. The van der Waals surface area contributed by atoms with E-state index in [0.29, 0.717) is 5.88 Å². The third kappa shape index (κ3) is 8.01. The van der Waals surface area contributed by atoms with Crippen molar-refractivity contribution >= 4 is 0 Å². The van der Waals surface area contributed by atoms with Crippen molar-refractivity contribution in [1.82, 2.24) is 10.3 Å². The second-order valence-electron chi connectivity index (χ2n) is 3.97. The average molecular weight is 256 g/mol. The van der Waals surface area contributed by atoms with E-state index >= 15 is 0 Å². The van der Waals surface area contributed by atoms with Crippen LogP contribution in [0.1, 0.15) is 33.6 Å². The van der Waals surface area contributed by atoms with Crippen LogP contribution in [0.15, 0.2) is 18.3 Å². The van der Waals surface area contributed by atoms with E-state index in [-0.39, 0.29) is 5.82 Å². The van der Waals surface area contributed by atoms with E-state index in [0.717, 1.165) is 12.1 Å². The molecule has 0 amide bonds. The Kier molecular flexibility index (Phi) is 10.3. The van der Waals surface area contributed by atoms with Crippen molar-refractivity contribution in [2.45, 2.75) is 33.6 Å². The van der Waals surface area contributed by atoms with E-state index in [4.69, 9.17) is 4.74 Å². The zero-order valence-corrected chi connectivity index (χ0v) is 11.9. The van der Waals surface area contributed by atoms with Crippen molar-refractivity contribution in [3.05, 3.63) is 24.1 Å². The van der Waals surface area contributed by atoms with Gasteiger partial charge >= 0.3 is 0 Å². The van der Waals surface area contributed by atoms with Crippen molar-refractivity contribution in [2.24, 2.45) is 5.92 Å². The molecule has 0 aliphatic carbocycles. The summed E-state index contributed by atoms with van der Waals surface area (Å²) in [7, 11) is 1.49. The van der Waals surface area contributed by atoms with Gasteiger partial charge in [0.25, 0.3) is 0 Å². The van der Waals surface area contributed by atoms with Gasteiger partial charge in [-0.05, 0) is 37.9 Å². The first-order chi connectivity index (χ1) is 8.72. The Morgan fingerprint density at radius 3 is 2.44 bits per heavy atom. The van der Waals surface area contributed by atoms with Gasteiger partial charge < -0.3 is 10.1 Å². The van der Waals surface area contributed by atoms with Crippen LogP contribution in [-0.4, -0.2) is 25.2 Å². The fourth-order valence-corrected chi connectivity index (χ4v) is 1.51. The molecule has 2 rings (SSSR count). The van der Waals surface area contributed by atoms with Crippen LogP contribution in [0.4, 0.5) is 4.39 Å². The quantitative estimate of drug-likeness (QED) is 0.837. The van der Waals surface area contributed by atoms with Crippen molar-refractivity contribution in [1.29, 1.82) is 0 Å². The Balaban J connectivity index is 0.000000289. The minimum absolute atomic E-state index is 0.351. The summed E-state index contributed by atoms with van der Waals surface area (Å²) < 4.78 is 16.8. The molecule has 1 atom stereocenters. The van der Waals surface area contributed by atoms with Crippen molar-refractivity contribution in [3.8, 4) is 5.88 Å². The lowest BCUT2D eigenvalue weighted by Gasteiger charge is -2.17. The third-order valence-corrected chi connectivity index (χ3v) is 2.45. The maximum absolute atomic E-state index is 12.1. The maximum atomic E-state index is 12.1. The number of methoxy groups -OCH3 is 1. The van der Waals surface area contributed by atoms with Crippen LogP contribution in [0.25, 0.3) is 0 Å². The molecule has 0 radical (unpaired) electrons. The van der Waals surface area contributed by atoms with Gasteiger partial charge in [-0.1, -0.05) is 20.8 Å². The molecule has 1 aromatic heterocycles. The molecular weight excluding hydrogens is 231 g/mol. The van der Waals surface area contributed by atoms with Gasteiger partial charge in [0, 0.05) is 6.07 Å². The Morgan fingerprint density at radius 2 is 2.11 bits per heavy atom. The molecule has 2 heterocycles. The summed E-state index contributed by atoms with van der Waals surface area (Å²) in [5.41, 5.74) is 0. The molecule has 0 aromatic carbocycles. The first-order valence-corrected chi connectivity index (χ1v) is 6.58. The number of nitrogens with one attached hydrogen (secondary N) is 1. The lowest BCUT2D eigenvalue weighted by molar-refractivity contribution is 0.396. The molecule has 1 N–H and O–H groups in total. The van der Waals surface area contributed by atoms with Gasteiger partial charge in [0.05, 0.1) is 13.3 Å². The zero-order valence-electron chi connectivity index (χ0n) is 11.9. The topological polar surface area (TPSA) is 34.1 Å². The van der Waals surface area contributed by atoms with Crippen molar-refractivity contribution in [2.75, 3.05) is 20.2 Å². The second-order valence-corrected chi connectivity index (χ2v) is 3.97. The largest absolute Gasteiger partial charge is 0.481 e. The van der Waals surface area contributed by atoms with E-state index in [9.17, 15) is 4.39 Å². The predicted octanol–water partition coefficient (Wildman–Crippen LogP) is 3.26. The fourth-order valence-electron chi connectivity index (χ4n) is 1.51. The van der Waals surface area contributed by atoms with Crippen LogP contribution in [0, 0.1) is 11.7 Å². The summed E-state index contributed by atoms with van der Waals surface area (Å²) in [5.74, 6) is 1.00. The van der Waals surface area contributed by atoms with Gasteiger partial charge in [-0.15, -0.1) is 0 Å². The smallest absolute Gasteiger partial charge is 0.213 e. The fraction of sp³-hybridized carbons (Fsp3) is 0.643. The summed E-state index contributed by atoms with van der Waals surface area (Å²) in [5, 5.41) is 3.33. The summed E-state index contributed by atoms with van der Waals surface area (Å²) in [6, 6.07) is 2.77. The first-order valence-electron chi connectivity index (χ1n) is 6.58. The van der Waals surface area contributed by atoms with Crippen LogP contribution in [0.2, 0.25) is 0 Å². The number of aromatic nitrogens is 1. The van der Waals surface area contributed by atoms with Crippen LogP contribution in [0.3, 0.4) is 0 Å². The molecule has 4 heteroatoms. The number of hydrogen-bond acceptors (Lipinski definition) is 3. The molecular formula is C14H25FN2O. The van der Waals surface area contributed by atoms with E-state index < -0.39 is 0 Å². The summed E-state index contributed by atoms with van der Waals surface area (Å²) in [6.45, 7) is 8.77. The van der Waals surface area contributed by atoms with Gasteiger partial charge in [0.15, 0.2) is 0 Å². The molecule has 1 unspecified atom stereocenters. The number of nitrogens with zero attached hydrogens (tertiary/aromatic N) is 1. The van der Waals surface area contributed by atoms with Gasteiger partial charge in [-0.25, -0.2) is 9.37 Å². The predicted molar refractivity (Wildman–Crippen MR) is 73.4 cm³/mol. The van der Waals surface area contributed by atoms with E-state index in [2.05, 4.69) is 17.2 Å². The van der Waals surface area contributed by atoms with E-state index in [1.54, 1.807) is 0 Å². The first kappa shape index (κ1) is 16.8. The zero-order chi connectivity index (χ0) is 13.8. The highest BCUT2D eigenvalue weighted by Gasteiger charge is 2.04. The minimum atomic E-state index is -0.351. The van der Waals surface area contributed by atoms with Gasteiger partial charge in [0.1, 0.15) is 5.82 Å². The van der Waals surface area contributed by atoms with Crippen LogP contribution in [-0.2, 0) is 0 Å². The van der Waals surface area contributed by atoms with Gasteiger partial charge in [-0.3, -0.25) is 0 Å². The number of hydrogen-bond donors (Lipinski definition) is 1. The Labute approximate surface area is 110 Å². The molecule has 0 bridgehead atoms. The lowest BCUT2D eigenvalue weighted by atomic mass is 10.0. The summed E-state index contributed by atoms with van der Waals surface area (Å²) in [4.78, 5) is 3.60. The molecule has 1 fully saturated rings. The van der Waals surface area contributed by atoms with Gasteiger partial charge in [-0.2, -0.15) is 0 Å². The lowest BCUT2D eigenvalue weighted by Crippen LogP contribution is -2.27. The molecule has 18 heavy (non-hydrogen) atoms. The number of pyridine rings is 1. The highest BCUT2D eigenvalue weighted by atomic mass is 19.1. The van der Waals surface area contributed by atoms with Crippen molar-refractivity contribution < 1.29 is 9.13 Å². The third-order valence-electron chi connectivity index (χ3n) is 2.45. The molecule has 1 saturated heterocycles. The molecule has 0 saturated carbocycles. The van der Waals surface area contributed by atoms with Crippen LogP contribution < -0.4 is 10.1 Å². The number of ether oxygens (including phenoxy) is 1. The van der Waals surface area contributed by atoms with Crippen LogP contribution in [0.5, 0.6) is 5.88 Å². The van der Waals surface area contributed by atoms with Crippen LogP contribution >= 0.6 is 0 Å². The maximum Gasteiger partial charge on any atom is 0.213 e. The molecule has 3 nitrogen and oxygen atoms in total. The Hall–Kier alpha value is -1.16. The molecule has 1 aromatic rings. The van der Waals surface area contributed by atoms with Gasteiger partial charge in [0.2, 0.25) is 5.88 Å². The Bertz CT molecular complexity index is 284. The molecule has 1 aliphatic heterocycles. The standard InChI is InChI=1S/C6H6FNO.C6H13N.C2H6/c1-9-6-3-2-5(7)4-8-6;1-6-3-2-4-7-5-6;1-2/h2-4H,1H3;6-7H,2-5H2,1H3;1-2H3. The van der Waals surface area contributed by atoms with Crippen molar-refractivity contribution in [3.63, 3.8) is 0 Å². The highest BCUT2D eigenvalue weighted by molar-refractivity contribution is 5.09. The van der Waals surface area contributed by atoms with E-state index in [1.165, 1.54) is 45.2 Å². The average Bonchev–Trinajstić information content (AvgIpc) is 2.43. The second kappa shape index (κ2) is 11.0. The summed E-state index contributed by atoms with van der Waals surface area (Å²) in [6.07, 6.45) is 3.91. The number of rotatable bonds is 1. The van der Waals surface area contributed by atoms with E-state index in [1.807, 2.05) is 13.8 Å². The SMILES string of the molecule is CC.CC1CCCNC1.COc1ccc(F)cn1. The highest BCUT2D eigenvalue weighted by Crippen LogP contribution is 2.06. The number of piperidine rings is 1. The normalized spacial score (nSPS) is 17.7. The number of halogens is 1. The summed E-state index contributed by atoms with van der Waals surface area (Å²) >= 11 is 0. The minimum Gasteiger partial charge on any atom is -0.481 e. The molecule has 1 aliphatic rings. The Morgan fingerprint density at radius 1 is 1.39 bits per heavy atom. The molecule has 0 spiro atoms. The monoisotopic (exact) mass is 256 g/mol.